The van der Waals surface area contributed by atoms with Gasteiger partial charge in [0, 0.05) is 19.3 Å². The summed E-state index contributed by atoms with van der Waals surface area (Å²) in [5.74, 6) is 0.360. The first-order valence-electron chi connectivity index (χ1n) is 6.10. The Kier molecular flexibility index (Phi) is 6.42. The van der Waals surface area contributed by atoms with Gasteiger partial charge in [-0.25, -0.2) is 0 Å². The summed E-state index contributed by atoms with van der Waals surface area (Å²) in [4.78, 5) is 13.6. The zero-order valence-electron chi connectivity index (χ0n) is 11.2. The topological polar surface area (TPSA) is 69.3 Å². The number of hydrogen-bond acceptors (Lipinski definition) is 4. The van der Waals surface area contributed by atoms with E-state index in [-0.39, 0.29) is 11.5 Å². The van der Waals surface area contributed by atoms with Crippen molar-refractivity contribution in [1.29, 1.82) is 5.26 Å². The lowest BCUT2D eigenvalue weighted by Gasteiger charge is -2.18. The third-order valence-electron chi connectivity index (χ3n) is 2.44. The van der Waals surface area contributed by atoms with E-state index in [4.69, 9.17) is 9.68 Å². The number of amides is 1. The SMILES string of the molecule is C=CCN(CC=C)C(=O)/C(C#N)=C\NCc1ccco1. The highest BCUT2D eigenvalue weighted by molar-refractivity contribution is 5.97. The Hall–Kier alpha value is -2.74. The molecule has 0 aliphatic carbocycles. The quantitative estimate of drug-likeness (QED) is 0.446. The number of hydrogen-bond donors (Lipinski definition) is 1. The van der Waals surface area contributed by atoms with Crippen LogP contribution in [0.1, 0.15) is 5.76 Å². The minimum atomic E-state index is -0.362. The van der Waals surface area contributed by atoms with Crippen LogP contribution < -0.4 is 5.32 Å². The summed E-state index contributed by atoms with van der Waals surface area (Å²) in [6.45, 7) is 8.31. The van der Waals surface area contributed by atoms with Gasteiger partial charge >= 0.3 is 0 Å². The molecule has 0 fully saturated rings. The maximum absolute atomic E-state index is 12.1. The van der Waals surface area contributed by atoms with E-state index >= 15 is 0 Å². The number of carbonyl (C=O) groups is 1. The average Bonchev–Trinajstić information content (AvgIpc) is 2.96. The largest absolute Gasteiger partial charge is 0.467 e. The molecule has 0 spiro atoms. The fourth-order valence-corrected chi connectivity index (χ4v) is 1.53. The lowest BCUT2D eigenvalue weighted by molar-refractivity contribution is -0.125. The summed E-state index contributed by atoms with van der Waals surface area (Å²) in [7, 11) is 0. The molecule has 1 heterocycles. The summed E-state index contributed by atoms with van der Waals surface area (Å²) in [6, 6.07) is 5.46. The third-order valence-corrected chi connectivity index (χ3v) is 2.44. The van der Waals surface area contributed by atoms with Crippen molar-refractivity contribution < 1.29 is 9.21 Å². The summed E-state index contributed by atoms with van der Waals surface area (Å²) < 4.78 is 5.14. The average molecular weight is 271 g/mol. The van der Waals surface area contributed by atoms with Crippen LogP contribution in [0.4, 0.5) is 0 Å². The van der Waals surface area contributed by atoms with Crippen LogP contribution in [0, 0.1) is 11.3 Å². The summed E-state index contributed by atoms with van der Waals surface area (Å²) in [6.07, 6.45) is 6.16. The van der Waals surface area contributed by atoms with E-state index in [1.165, 1.54) is 11.1 Å². The van der Waals surface area contributed by atoms with Crippen molar-refractivity contribution in [1.82, 2.24) is 10.2 Å². The standard InChI is InChI=1S/C15H17N3O2/c1-3-7-18(8-4-2)15(19)13(10-16)11-17-12-14-6-5-9-20-14/h3-6,9,11,17H,1-2,7-8,12H2/b13-11-. The van der Waals surface area contributed by atoms with Gasteiger partial charge in [0.15, 0.2) is 0 Å². The van der Waals surface area contributed by atoms with E-state index in [1.54, 1.807) is 30.5 Å². The minimum absolute atomic E-state index is 0.0280. The van der Waals surface area contributed by atoms with Gasteiger partial charge in [-0.15, -0.1) is 13.2 Å². The molecular weight excluding hydrogens is 254 g/mol. The van der Waals surface area contributed by atoms with Gasteiger partial charge in [0.25, 0.3) is 5.91 Å². The van der Waals surface area contributed by atoms with E-state index < -0.39 is 0 Å². The van der Waals surface area contributed by atoms with Crippen molar-refractivity contribution in [2.75, 3.05) is 13.1 Å². The van der Waals surface area contributed by atoms with Crippen LogP contribution in [0.3, 0.4) is 0 Å². The molecule has 0 aliphatic heterocycles. The number of rotatable bonds is 8. The monoisotopic (exact) mass is 271 g/mol. The predicted molar refractivity (Wildman–Crippen MR) is 76.2 cm³/mol. The van der Waals surface area contributed by atoms with Crippen LogP contribution >= 0.6 is 0 Å². The lowest BCUT2D eigenvalue weighted by atomic mass is 10.2. The molecule has 0 saturated heterocycles. The zero-order chi connectivity index (χ0) is 14.8. The van der Waals surface area contributed by atoms with E-state index in [0.29, 0.717) is 19.6 Å². The molecule has 1 aromatic rings. The van der Waals surface area contributed by atoms with E-state index in [9.17, 15) is 4.79 Å². The maximum Gasteiger partial charge on any atom is 0.266 e. The molecule has 104 valence electrons. The van der Waals surface area contributed by atoms with E-state index in [1.807, 2.05) is 6.07 Å². The molecule has 5 heteroatoms. The van der Waals surface area contributed by atoms with E-state index in [2.05, 4.69) is 18.5 Å². The molecule has 1 rings (SSSR count). The first kappa shape index (κ1) is 15.3. The maximum atomic E-state index is 12.1. The van der Waals surface area contributed by atoms with Crippen molar-refractivity contribution in [3.8, 4) is 6.07 Å². The van der Waals surface area contributed by atoms with Gasteiger partial charge in [-0.3, -0.25) is 4.79 Å². The number of furan rings is 1. The lowest BCUT2D eigenvalue weighted by Crippen LogP contribution is -2.32. The second-order valence-corrected chi connectivity index (χ2v) is 3.92. The minimum Gasteiger partial charge on any atom is -0.467 e. The van der Waals surface area contributed by atoms with Gasteiger partial charge < -0.3 is 14.6 Å². The molecule has 0 radical (unpaired) electrons. The van der Waals surface area contributed by atoms with Crippen LogP contribution in [0.2, 0.25) is 0 Å². The molecular formula is C15H17N3O2. The van der Waals surface area contributed by atoms with Crippen LogP contribution in [-0.2, 0) is 11.3 Å². The molecule has 20 heavy (non-hydrogen) atoms. The predicted octanol–water partition coefficient (Wildman–Crippen LogP) is 1.98. The Bertz CT molecular complexity index is 514. The number of nitriles is 1. The van der Waals surface area contributed by atoms with Gasteiger partial charge in [0.05, 0.1) is 12.8 Å². The number of nitrogens with one attached hydrogen (secondary N) is 1. The first-order valence-corrected chi connectivity index (χ1v) is 6.10. The zero-order valence-corrected chi connectivity index (χ0v) is 11.2. The van der Waals surface area contributed by atoms with Crippen molar-refractivity contribution in [3.63, 3.8) is 0 Å². The molecule has 0 atom stereocenters. The van der Waals surface area contributed by atoms with E-state index in [0.717, 1.165) is 5.76 Å². The van der Waals surface area contributed by atoms with Gasteiger partial charge in [-0.05, 0) is 12.1 Å². The third kappa shape index (κ3) is 4.50. The first-order chi connectivity index (χ1) is 9.72. The Morgan fingerprint density at radius 2 is 2.15 bits per heavy atom. The summed E-state index contributed by atoms with van der Waals surface area (Å²) in [5, 5.41) is 11.9. The molecule has 0 aromatic carbocycles. The van der Waals surface area contributed by atoms with Crippen molar-refractivity contribution in [3.05, 3.63) is 61.2 Å². The van der Waals surface area contributed by atoms with Gasteiger partial charge in [-0.2, -0.15) is 5.26 Å². The Labute approximate surface area is 118 Å². The number of nitrogens with zero attached hydrogens (tertiary/aromatic N) is 2. The fraction of sp³-hybridized carbons (Fsp3) is 0.200. The second kappa shape index (κ2) is 8.38. The highest BCUT2D eigenvalue weighted by Crippen LogP contribution is 2.03. The molecule has 0 unspecified atom stereocenters. The number of carbonyl (C=O) groups excluding carboxylic acids is 1. The highest BCUT2D eigenvalue weighted by atomic mass is 16.3. The molecule has 1 aromatic heterocycles. The van der Waals surface area contributed by atoms with Gasteiger partial charge in [0.1, 0.15) is 17.4 Å². The molecule has 1 amide bonds. The van der Waals surface area contributed by atoms with Crippen molar-refractivity contribution in [2.45, 2.75) is 6.54 Å². The second-order valence-electron chi connectivity index (χ2n) is 3.92. The molecule has 0 bridgehead atoms. The fourth-order valence-electron chi connectivity index (χ4n) is 1.53. The Morgan fingerprint density at radius 3 is 2.65 bits per heavy atom. The smallest absolute Gasteiger partial charge is 0.266 e. The van der Waals surface area contributed by atoms with Gasteiger partial charge in [0.2, 0.25) is 0 Å². The molecule has 0 saturated carbocycles. The van der Waals surface area contributed by atoms with Crippen LogP contribution in [-0.4, -0.2) is 23.9 Å². The molecule has 0 aliphatic rings. The van der Waals surface area contributed by atoms with Crippen LogP contribution in [0.15, 0.2) is 59.9 Å². The van der Waals surface area contributed by atoms with Gasteiger partial charge in [-0.1, -0.05) is 12.2 Å². The highest BCUT2D eigenvalue weighted by Gasteiger charge is 2.15. The molecule has 5 nitrogen and oxygen atoms in total. The van der Waals surface area contributed by atoms with Crippen molar-refractivity contribution in [2.24, 2.45) is 0 Å². The molecule has 1 N–H and O–H groups in total. The van der Waals surface area contributed by atoms with Crippen LogP contribution in [0.25, 0.3) is 0 Å². The van der Waals surface area contributed by atoms with Crippen LogP contribution in [0.5, 0.6) is 0 Å². The van der Waals surface area contributed by atoms with Crippen molar-refractivity contribution >= 4 is 5.91 Å². The summed E-state index contributed by atoms with van der Waals surface area (Å²) >= 11 is 0. The Balaban J connectivity index is 2.67. The summed E-state index contributed by atoms with van der Waals surface area (Å²) in [5.41, 5.74) is 0.0280. The Morgan fingerprint density at radius 1 is 1.45 bits per heavy atom. The normalized spacial score (nSPS) is 10.4.